The highest BCUT2D eigenvalue weighted by atomic mass is 16.6. The molecule has 0 N–H and O–H groups in total. The minimum Gasteiger partial charge on any atom is -0.875 e. The maximum Gasteiger partial charge on any atom is 0.330 e. The second-order valence-corrected chi connectivity index (χ2v) is 5.42. The van der Waals surface area contributed by atoms with Gasteiger partial charge in [-0.1, -0.05) is 19.3 Å². The zero-order valence-corrected chi connectivity index (χ0v) is 10.4. The second kappa shape index (κ2) is 5.37. The van der Waals surface area contributed by atoms with Gasteiger partial charge < -0.3 is 9.84 Å². The van der Waals surface area contributed by atoms with Gasteiger partial charge in [0, 0.05) is 6.08 Å². The van der Waals surface area contributed by atoms with Gasteiger partial charge in [0.2, 0.25) is 0 Å². The van der Waals surface area contributed by atoms with Gasteiger partial charge >= 0.3 is 5.97 Å². The molecule has 1 aliphatic rings. The van der Waals surface area contributed by atoms with Crippen LogP contribution in [0.25, 0.3) is 0 Å². The van der Waals surface area contributed by atoms with Crippen molar-refractivity contribution in [1.29, 1.82) is 0 Å². The van der Waals surface area contributed by atoms with E-state index in [0.29, 0.717) is 0 Å². The maximum absolute atomic E-state index is 11.7. The van der Waals surface area contributed by atoms with Gasteiger partial charge in [-0.2, -0.15) is 0 Å². The highest BCUT2D eigenvalue weighted by Crippen LogP contribution is 2.27. The fraction of sp³-hybridized carbons (Fsp3) is 0.769. The van der Waals surface area contributed by atoms with Gasteiger partial charge in [0.15, 0.2) is 0 Å². The molecular formula is C13H21O3-. The number of ether oxygens (including phenoxy) is 1. The van der Waals surface area contributed by atoms with E-state index in [2.05, 4.69) is 0 Å². The normalized spacial score (nSPS) is 19.6. The summed E-state index contributed by atoms with van der Waals surface area (Å²) in [4.78, 5) is 11.4. The summed E-state index contributed by atoms with van der Waals surface area (Å²) in [5, 5.41) is 11.7. The Morgan fingerprint density at radius 3 is 2.31 bits per heavy atom. The quantitative estimate of drug-likeness (QED) is 0.411. The predicted molar refractivity (Wildman–Crippen MR) is 60.5 cm³/mol. The summed E-state index contributed by atoms with van der Waals surface area (Å²) in [5.74, 6) is -0.529. The molecule has 1 fully saturated rings. The smallest absolute Gasteiger partial charge is 0.330 e. The van der Waals surface area contributed by atoms with Crippen molar-refractivity contribution in [2.45, 2.75) is 58.5 Å². The Morgan fingerprint density at radius 2 is 1.81 bits per heavy atom. The zero-order valence-electron chi connectivity index (χ0n) is 10.4. The number of hydrogen-bond donors (Lipinski definition) is 0. The molecule has 0 radical (unpaired) electrons. The Balaban J connectivity index is 2.51. The fourth-order valence-corrected chi connectivity index (χ4v) is 1.95. The molecule has 0 unspecified atom stereocenters. The fourth-order valence-electron chi connectivity index (χ4n) is 1.95. The van der Waals surface area contributed by atoms with Crippen LogP contribution < -0.4 is 5.11 Å². The summed E-state index contributed by atoms with van der Waals surface area (Å²) < 4.78 is 5.08. The van der Waals surface area contributed by atoms with Crippen molar-refractivity contribution in [3.8, 4) is 0 Å². The van der Waals surface area contributed by atoms with E-state index in [9.17, 15) is 9.90 Å². The van der Waals surface area contributed by atoms with E-state index in [1.54, 1.807) is 20.8 Å². The number of allylic oxidation sites excluding steroid dienone is 1. The van der Waals surface area contributed by atoms with Crippen LogP contribution in [-0.4, -0.2) is 11.6 Å². The molecular weight excluding hydrogens is 204 g/mol. The van der Waals surface area contributed by atoms with Crippen LogP contribution in [0.5, 0.6) is 0 Å². The van der Waals surface area contributed by atoms with E-state index in [1.807, 2.05) is 0 Å². The monoisotopic (exact) mass is 225 g/mol. The molecule has 1 aliphatic carbocycles. The molecule has 0 bridgehead atoms. The van der Waals surface area contributed by atoms with E-state index in [4.69, 9.17) is 4.74 Å². The highest BCUT2D eigenvalue weighted by molar-refractivity contribution is 5.82. The molecule has 0 aromatic rings. The summed E-state index contributed by atoms with van der Waals surface area (Å²) in [6.45, 7) is 5.39. The molecule has 1 saturated carbocycles. The van der Waals surface area contributed by atoms with E-state index in [0.717, 1.165) is 31.8 Å². The van der Waals surface area contributed by atoms with Crippen molar-refractivity contribution in [3.05, 3.63) is 11.8 Å². The third kappa shape index (κ3) is 4.69. The van der Waals surface area contributed by atoms with Crippen molar-refractivity contribution in [2.24, 2.45) is 5.92 Å². The Labute approximate surface area is 97.5 Å². The maximum atomic E-state index is 11.7. The van der Waals surface area contributed by atoms with Gasteiger partial charge in [0.05, 0.1) is 0 Å². The Morgan fingerprint density at radius 1 is 1.25 bits per heavy atom. The molecule has 3 heteroatoms. The lowest BCUT2D eigenvalue weighted by Gasteiger charge is -2.28. The van der Waals surface area contributed by atoms with E-state index >= 15 is 0 Å². The molecule has 16 heavy (non-hydrogen) atoms. The molecule has 1 rings (SSSR count). The van der Waals surface area contributed by atoms with Gasteiger partial charge in [-0.3, -0.25) is 0 Å². The SMILES string of the molecule is CC(C)(C)OC(=O)/C=C(\[O-])C1CCCCC1. The van der Waals surface area contributed by atoms with E-state index in [1.165, 1.54) is 6.42 Å². The summed E-state index contributed by atoms with van der Waals surface area (Å²) in [6.07, 6.45) is 6.35. The Bertz CT molecular complexity index is 267. The average Bonchev–Trinajstić information content (AvgIpc) is 2.16. The minimum absolute atomic E-state index is 0.0428. The topological polar surface area (TPSA) is 49.4 Å². The van der Waals surface area contributed by atoms with Crippen molar-refractivity contribution in [3.63, 3.8) is 0 Å². The highest BCUT2D eigenvalue weighted by Gasteiger charge is 2.16. The molecule has 0 heterocycles. The number of rotatable bonds is 2. The second-order valence-electron chi connectivity index (χ2n) is 5.42. The molecule has 3 nitrogen and oxygen atoms in total. The molecule has 0 amide bonds. The first-order valence-corrected chi connectivity index (χ1v) is 6.00. The van der Waals surface area contributed by atoms with Crippen LogP contribution in [-0.2, 0) is 9.53 Å². The number of esters is 1. The summed E-state index contributed by atoms with van der Waals surface area (Å²) in [7, 11) is 0. The number of hydrogen-bond acceptors (Lipinski definition) is 3. The van der Waals surface area contributed by atoms with E-state index in [-0.39, 0.29) is 11.7 Å². The third-order valence-corrected chi connectivity index (χ3v) is 2.67. The van der Waals surface area contributed by atoms with Gasteiger partial charge in [-0.05, 0) is 39.5 Å². The molecule has 0 aliphatic heterocycles. The molecule has 0 atom stereocenters. The molecule has 0 aromatic heterocycles. The lowest BCUT2D eigenvalue weighted by atomic mass is 9.88. The Kier molecular flexibility index (Phi) is 4.39. The summed E-state index contributed by atoms with van der Waals surface area (Å²) in [5.41, 5.74) is -0.527. The van der Waals surface area contributed by atoms with Crippen molar-refractivity contribution >= 4 is 5.97 Å². The predicted octanol–water partition coefficient (Wildman–Crippen LogP) is 2.15. The molecule has 0 aromatic carbocycles. The average molecular weight is 225 g/mol. The first-order chi connectivity index (χ1) is 7.38. The van der Waals surface area contributed by atoms with Crippen LogP contribution in [0.1, 0.15) is 52.9 Å². The van der Waals surface area contributed by atoms with Crippen molar-refractivity contribution in [2.75, 3.05) is 0 Å². The first kappa shape index (κ1) is 13.1. The van der Waals surface area contributed by atoms with Crippen LogP contribution in [0.4, 0.5) is 0 Å². The zero-order chi connectivity index (χ0) is 12.2. The van der Waals surface area contributed by atoms with Gasteiger partial charge in [-0.15, -0.1) is 5.76 Å². The van der Waals surface area contributed by atoms with Crippen molar-refractivity contribution < 1.29 is 14.6 Å². The number of carbonyl (C=O) groups is 1. The molecule has 0 saturated heterocycles. The summed E-state index contributed by atoms with van der Waals surface area (Å²) >= 11 is 0. The number of carbonyl (C=O) groups excluding carboxylic acids is 1. The molecule has 0 spiro atoms. The van der Waals surface area contributed by atoms with Gasteiger partial charge in [-0.25, -0.2) is 4.79 Å². The standard InChI is InChI=1S/C13H22O3/c1-13(2,3)16-12(15)9-11(14)10-7-5-4-6-8-10/h9-10,14H,4-8H2,1-3H3/p-1/b11-9-. The van der Waals surface area contributed by atoms with Crippen LogP contribution in [0.3, 0.4) is 0 Å². The van der Waals surface area contributed by atoms with Crippen LogP contribution in [0.15, 0.2) is 11.8 Å². The Hall–Kier alpha value is -0.990. The van der Waals surface area contributed by atoms with Crippen LogP contribution in [0.2, 0.25) is 0 Å². The van der Waals surface area contributed by atoms with E-state index < -0.39 is 11.6 Å². The third-order valence-electron chi connectivity index (χ3n) is 2.67. The molecule has 92 valence electrons. The lowest BCUT2D eigenvalue weighted by Crippen LogP contribution is -2.25. The van der Waals surface area contributed by atoms with Gasteiger partial charge in [0.25, 0.3) is 0 Å². The largest absolute Gasteiger partial charge is 0.875 e. The van der Waals surface area contributed by atoms with Crippen LogP contribution >= 0.6 is 0 Å². The van der Waals surface area contributed by atoms with Gasteiger partial charge in [0.1, 0.15) is 5.60 Å². The summed E-state index contributed by atoms with van der Waals surface area (Å²) in [6, 6.07) is 0. The van der Waals surface area contributed by atoms with Crippen molar-refractivity contribution in [1.82, 2.24) is 0 Å². The van der Waals surface area contributed by atoms with Crippen LogP contribution in [0, 0.1) is 5.92 Å². The first-order valence-electron chi connectivity index (χ1n) is 6.00. The lowest BCUT2D eigenvalue weighted by molar-refractivity contribution is -0.316. The minimum atomic E-state index is -0.527.